The number of ether oxygens (including phenoxy) is 2. The minimum atomic E-state index is -0.384. The highest BCUT2D eigenvalue weighted by atomic mass is 16.5. The highest BCUT2D eigenvalue weighted by Gasteiger charge is 2.26. The molecule has 0 saturated carbocycles. The maximum atomic E-state index is 12.7. The van der Waals surface area contributed by atoms with E-state index in [2.05, 4.69) is 25.7 Å². The summed E-state index contributed by atoms with van der Waals surface area (Å²) in [6.45, 7) is 0. The zero-order valence-electron chi connectivity index (χ0n) is 13.5. The number of aliphatic imine (C=N–C) groups is 1. The average molecular weight is 335 g/mol. The molecule has 0 fully saturated rings. The molecule has 0 atom stereocenters. The first-order chi connectivity index (χ1) is 12.2. The van der Waals surface area contributed by atoms with E-state index < -0.39 is 0 Å². The van der Waals surface area contributed by atoms with Crippen LogP contribution < -0.4 is 14.8 Å². The van der Waals surface area contributed by atoms with Crippen molar-refractivity contribution < 1.29 is 14.3 Å². The van der Waals surface area contributed by atoms with Crippen LogP contribution in [0.1, 0.15) is 5.69 Å². The van der Waals surface area contributed by atoms with Gasteiger partial charge in [-0.3, -0.25) is 4.79 Å². The second-order valence-electron chi connectivity index (χ2n) is 5.29. The van der Waals surface area contributed by atoms with Crippen LogP contribution in [0.4, 0.5) is 11.4 Å². The highest BCUT2D eigenvalue weighted by Crippen LogP contribution is 2.33. The van der Waals surface area contributed by atoms with Crippen molar-refractivity contribution in [3.05, 3.63) is 42.1 Å². The lowest BCUT2D eigenvalue weighted by molar-refractivity contribution is -0.110. The van der Waals surface area contributed by atoms with Gasteiger partial charge in [-0.15, -0.1) is 10.2 Å². The number of hydrogen-bond acceptors (Lipinski definition) is 7. The maximum absolute atomic E-state index is 12.7. The van der Waals surface area contributed by atoms with E-state index in [9.17, 15) is 4.79 Å². The summed E-state index contributed by atoms with van der Waals surface area (Å²) >= 11 is 0. The van der Waals surface area contributed by atoms with Crippen LogP contribution in [0.25, 0.3) is 10.9 Å². The normalized spacial score (nSPS) is 12.0. The molecule has 4 rings (SSSR count). The second-order valence-corrected chi connectivity index (χ2v) is 5.29. The number of carbonyl (C=O) groups is 1. The van der Waals surface area contributed by atoms with Crippen molar-refractivity contribution in [3.63, 3.8) is 0 Å². The fourth-order valence-electron chi connectivity index (χ4n) is 2.71. The van der Waals surface area contributed by atoms with E-state index in [1.807, 2.05) is 18.2 Å². The Kier molecular flexibility index (Phi) is 3.50. The minimum Gasteiger partial charge on any atom is -0.493 e. The molecule has 1 aromatic heterocycles. The topological polar surface area (TPSA) is 98.6 Å². The van der Waals surface area contributed by atoms with Crippen molar-refractivity contribution in [2.24, 2.45) is 4.99 Å². The molecule has 8 heteroatoms. The number of hydrogen-bond donors (Lipinski definition) is 1. The Morgan fingerprint density at radius 1 is 1.04 bits per heavy atom. The van der Waals surface area contributed by atoms with E-state index >= 15 is 0 Å². The Labute approximate surface area is 142 Å². The van der Waals surface area contributed by atoms with Gasteiger partial charge in [-0.05, 0) is 29.5 Å². The molecule has 1 amide bonds. The van der Waals surface area contributed by atoms with Crippen LogP contribution in [0.5, 0.6) is 11.5 Å². The highest BCUT2D eigenvalue weighted by molar-refractivity contribution is 6.52. The number of rotatable bonds is 4. The van der Waals surface area contributed by atoms with E-state index in [1.54, 1.807) is 25.3 Å². The van der Waals surface area contributed by atoms with Gasteiger partial charge in [-0.25, -0.2) is 4.99 Å². The van der Waals surface area contributed by atoms with Crippen LogP contribution in [0.15, 0.2) is 41.4 Å². The van der Waals surface area contributed by atoms with Crippen molar-refractivity contribution in [2.45, 2.75) is 0 Å². The first-order valence-corrected chi connectivity index (χ1v) is 7.46. The molecule has 8 nitrogen and oxygen atoms in total. The van der Waals surface area contributed by atoms with Crippen molar-refractivity contribution in [1.82, 2.24) is 15.4 Å². The number of benzene rings is 2. The van der Waals surface area contributed by atoms with Gasteiger partial charge in [0.15, 0.2) is 17.2 Å². The Hall–Kier alpha value is -3.55. The molecule has 1 N–H and O–H groups in total. The van der Waals surface area contributed by atoms with Gasteiger partial charge in [0, 0.05) is 11.8 Å². The zero-order valence-corrected chi connectivity index (χ0v) is 13.5. The summed E-state index contributed by atoms with van der Waals surface area (Å²) in [5.74, 6) is 0.709. The number of anilines is 1. The molecule has 25 heavy (non-hydrogen) atoms. The molecule has 2 aromatic carbocycles. The van der Waals surface area contributed by atoms with Crippen LogP contribution in [0.2, 0.25) is 0 Å². The summed E-state index contributed by atoms with van der Waals surface area (Å²) in [4.78, 5) is 17.0. The monoisotopic (exact) mass is 335 g/mol. The summed E-state index contributed by atoms with van der Waals surface area (Å²) in [6, 6.07) is 10.5. The molecule has 1 aliphatic heterocycles. The van der Waals surface area contributed by atoms with E-state index in [-0.39, 0.29) is 11.6 Å². The molecule has 0 radical (unpaired) electrons. The number of methoxy groups -OCH3 is 2. The van der Waals surface area contributed by atoms with E-state index in [0.29, 0.717) is 34.1 Å². The van der Waals surface area contributed by atoms with E-state index in [0.717, 1.165) is 5.39 Å². The third kappa shape index (κ3) is 2.44. The average Bonchev–Trinajstić information content (AvgIpc) is 3.03. The standard InChI is InChI=1S/C17H13N5O3/c1-24-12-7-6-9(8-13(12)25-2)18-17(23)16-15-14-10(19-16)4-3-5-11(14)20-22-21-15/h3-8H,1-2H3,(H,18,23). The van der Waals surface area contributed by atoms with Gasteiger partial charge in [0.05, 0.1) is 30.8 Å². The van der Waals surface area contributed by atoms with Crippen molar-refractivity contribution in [3.8, 4) is 11.5 Å². The molecular weight excluding hydrogens is 322 g/mol. The number of nitrogens with zero attached hydrogens (tertiary/aromatic N) is 4. The van der Waals surface area contributed by atoms with Crippen LogP contribution in [0, 0.1) is 0 Å². The number of aromatic nitrogens is 3. The predicted octanol–water partition coefficient (Wildman–Crippen LogP) is 2.11. The van der Waals surface area contributed by atoms with Gasteiger partial charge in [0.2, 0.25) is 0 Å². The van der Waals surface area contributed by atoms with Gasteiger partial charge in [-0.1, -0.05) is 6.07 Å². The van der Waals surface area contributed by atoms with Crippen LogP contribution >= 0.6 is 0 Å². The molecule has 0 spiro atoms. The van der Waals surface area contributed by atoms with Crippen LogP contribution in [-0.2, 0) is 4.79 Å². The molecule has 3 aromatic rings. The summed E-state index contributed by atoms with van der Waals surface area (Å²) < 4.78 is 10.4. The fraction of sp³-hybridized carbons (Fsp3) is 0.118. The lowest BCUT2D eigenvalue weighted by Gasteiger charge is -2.10. The lowest BCUT2D eigenvalue weighted by atomic mass is 10.1. The van der Waals surface area contributed by atoms with Crippen molar-refractivity contribution >= 4 is 33.9 Å². The van der Waals surface area contributed by atoms with E-state index in [1.165, 1.54) is 7.11 Å². The number of carbonyl (C=O) groups excluding carboxylic acids is 1. The number of nitrogens with one attached hydrogen (secondary N) is 1. The van der Waals surface area contributed by atoms with Gasteiger partial charge in [0.25, 0.3) is 5.91 Å². The smallest absolute Gasteiger partial charge is 0.276 e. The maximum Gasteiger partial charge on any atom is 0.276 e. The van der Waals surface area contributed by atoms with Crippen LogP contribution in [0.3, 0.4) is 0 Å². The first kappa shape index (κ1) is 15.0. The minimum absolute atomic E-state index is 0.205. The third-order valence-electron chi connectivity index (χ3n) is 3.87. The van der Waals surface area contributed by atoms with E-state index in [4.69, 9.17) is 9.47 Å². The first-order valence-electron chi connectivity index (χ1n) is 7.46. The van der Waals surface area contributed by atoms with Crippen molar-refractivity contribution in [1.29, 1.82) is 0 Å². The molecule has 124 valence electrons. The zero-order chi connectivity index (χ0) is 17.4. The van der Waals surface area contributed by atoms with Gasteiger partial charge in [0.1, 0.15) is 5.69 Å². The number of amides is 1. The van der Waals surface area contributed by atoms with Gasteiger partial charge < -0.3 is 14.8 Å². The summed E-state index contributed by atoms with van der Waals surface area (Å²) in [7, 11) is 3.08. The summed E-state index contributed by atoms with van der Waals surface area (Å²) in [5, 5.41) is 15.2. The quantitative estimate of drug-likeness (QED) is 0.784. The van der Waals surface area contributed by atoms with Gasteiger partial charge in [-0.2, -0.15) is 0 Å². The molecule has 0 unspecified atom stereocenters. The second kappa shape index (κ2) is 5.82. The Morgan fingerprint density at radius 3 is 2.68 bits per heavy atom. The van der Waals surface area contributed by atoms with Crippen molar-refractivity contribution in [2.75, 3.05) is 19.5 Å². The predicted molar refractivity (Wildman–Crippen MR) is 91.7 cm³/mol. The lowest BCUT2D eigenvalue weighted by Crippen LogP contribution is -2.24. The molecule has 0 aliphatic carbocycles. The molecular formula is C17H13N5O3. The molecule has 2 heterocycles. The molecule has 0 bridgehead atoms. The van der Waals surface area contributed by atoms with Crippen LogP contribution in [-0.4, -0.2) is 41.2 Å². The third-order valence-corrected chi connectivity index (χ3v) is 3.87. The molecule has 0 saturated heterocycles. The Balaban J connectivity index is 1.66. The SMILES string of the molecule is COc1ccc(NC(=O)C2=Nc3cccc4nnnc2c34)cc1OC. The largest absolute Gasteiger partial charge is 0.493 e. The van der Waals surface area contributed by atoms with Gasteiger partial charge >= 0.3 is 0 Å². The summed E-state index contributed by atoms with van der Waals surface area (Å²) in [6.07, 6.45) is 0. The molecule has 1 aliphatic rings. The fourth-order valence-corrected chi connectivity index (χ4v) is 2.71. The Bertz CT molecular complexity index is 1030. The Morgan fingerprint density at radius 2 is 1.88 bits per heavy atom. The summed E-state index contributed by atoms with van der Waals surface area (Å²) in [5.41, 5.74) is 2.50.